The van der Waals surface area contributed by atoms with Gasteiger partial charge in [-0.25, -0.2) is 0 Å². The molecule has 1 heterocycles. The highest BCUT2D eigenvalue weighted by Crippen LogP contribution is 2.47. The van der Waals surface area contributed by atoms with E-state index in [1.807, 2.05) is 0 Å². The van der Waals surface area contributed by atoms with Gasteiger partial charge in [-0.15, -0.1) is 0 Å². The van der Waals surface area contributed by atoms with Crippen LogP contribution in [0.2, 0.25) is 45.8 Å². The quantitative estimate of drug-likeness (QED) is 0.670. The van der Waals surface area contributed by atoms with Crippen LogP contribution in [-0.2, 0) is 4.43 Å². The minimum Gasteiger partial charge on any atom is -0.418 e. The van der Waals surface area contributed by atoms with Gasteiger partial charge in [0, 0.05) is 12.3 Å². The summed E-state index contributed by atoms with van der Waals surface area (Å²) >= 11 is 0. The molecule has 0 amide bonds. The highest BCUT2D eigenvalue weighted by molar-refractivity contribution is 7.85. The van der Waals surface area contributed by atoms with E-state index in [1.54, 1.807) is 5.19 Å². The molecule has 2 rings (SSSR count). The summed E-state index contributed by atoms with van der Waals surface area (Å²) in [4.78, 5) is 0. The Hall–Kier alpha value is -0.212. The normalized spacial score (nSPS) is 30.7. The Morgan fingerprint density at radius 1 is 0.913 bits per heavy atom. The molecule has 1 fully saturated rings. The Labute approximate surface area is 146 Å². The van der Waals surface area contributed by atoms with Crippen LogP contribution in [0.25, 0.3) is 6.08 Å². The lowest BCUT2D eigenvalue weighted by Gasteiger charge is -2.67. The molecule has 1 aromatic carbocycles. The van der Waals surface area contributed by atoms with Crippen LogP contribution in [0.3, 0.4) is 0 Å². The third-order valence-electron chi connectivity index (χ3n) is 7.75. The molecule has 1 aliphatic heterocycles. The molecule has 1 saturated heterocycles. The van der Waals surface area contributed by atoms with E-state index in [2.05, 4.69) is 96.6 Å². The lowest BCUT2D eigenvalue weighted by Crippen LogP contribution is -2.93. The fourth-order valence-corrected chi connectivity index (χ4v) is 76.5. The maximum Gasteiger partial charge on any atom is 0.171 e. The van der Waals surface area contributed by atoms with E-state index in [0.29, 0.717) is 0 Å². The zero-order valence-corrected chi connectivity index (χ0v) is 20.5. The Bertz CT molecular complexity index is 634. The van der Waals surface area contributed by atoms with E-state index in [9.17, 15) is 0 Å². The average Bonchev–Trinajstić information content (AvgIpc) is 2.43. The van der Waals surface area contributed by atoms with Crippen LogP contribution in [0.15, 0.2) is 30.8 Å². The van der Waals surface area contributed by atoms with Crippen molar-refractivity contribution in [3.05, 3.63) is 36.4 Å². The first kappa shape index (κ1) is 19.1. The summed E-state index contributed by atoms with van der Waals surface area (Å²) in [5, 5.41) is 1.59. The monoisotopic (exact) mass is 378 g/mol. The van der Waals surface area contributed by atoms with Gasteiger partial charge in [-0.05, 0) is 32.5 Å². The molecule has 0 bridgehead atoms. The smallest absolute Gasteiger partial charge is 0.171 e. The maximum absolute atomic E-state index is 7.04. The van der Waals surface area contributed by atoms with Crippen LogP contribution >= 0.6 is 0 Å². The zero-order chi connectivity index (χ0) is 17.9. The predicted octanol–water partition coefficient (Wildman–Crippen LogP) is 4.82. The first-order valence-electron chi connectivity index (χ1n) is 8.68. The largest absolute Gasteiger partial charge is 0.418 e. The summed E-state index contributed by atoms with van der Waals surface area (Å²) in [6.45, 7) is 27.2. The second-order valence-electron chi connectivity index (χ2n) is 9.29. The lowest BCUT2D eigenvalue weighted by atomic mass is 10.2. The lowest BCUT2D eigenvalue weighted by molar-refractivity contribution is 0.184. The summed E-state index contributed by atoms with van der Waals surface area (Å²) in [6, 6.07) is 8.98. The molecule has 1 aliphatic rings. The van der Waals surface area contributed by atoms with Gasteiger partial charge in [0.15, 0.2) is 7.83 Å². The van der Waals surface area contributed by atoms with Crippen molar-refractivity contribution in [3.63, 3.8) is 0 Å². The fraction of sp³-hybridized carbons (Fsp3) is 0.556. The number of rotatable bonds is 2. The number of hydrogen-bond donors (Lipinski definition) is 0. The van der Waals surface area contributed by atoms with Crippen LogP contribution in [0.4, 0.5) is 0 Å². The molecule has 128 valence electrons. The Morgan fingerprint density at radius 3 is 1.96 bits per heavy atom. The number of hydrogen-bond acceptors (Lipinski definition) is 1. The number of benzene rings is 1. The van der Waals surface area contributed by atoms with Gasteiger partial charge in [-0.3, -0.25) is 0 Å². The van der Waals surface area contributed by atoms with Crippen molar-refractivity contribution in [2.45, 2.75) is 64.9 Å². The third-order valence-corrected chi connectivity index (χ3v) is 73.9. The van der Waals surface area contributed by atoms with Gasteiger partial charge < -0.3 is 4.43 Å². The van der Waals surface area contributed by atoms with E-state index in [0.717, 1.165) is 0 Å². The highest BCUT2D eigenvalue weighted by atomic mass is 29.8. The molecule has 5 heteroatoms. The molecule has 0 aromatic heterocycles. The van der Waals surface area contributed by atoms with Crippen LogP contribution in [0, 0.1) is 0 Å². The van der Waals surface area contributed by atoms with Crippen LogP contribution < -0.4 is 5.19 Å². The Morgan fingerprint density at radius 2 is 1.43 bits per heavy atom. The van der Waals surface area contributed by atoms with E-state index >= 15 is 0 Å². The second-order valence-corrected chi connectivity index (χ2v) is 47.6. The maximum atomic E-state index is 7.04. The SMILES string of the molecule is C=Cc1ccccc1[Si]1(C)C(C)(C)O[Si](C)(C)[Si](C)(C)[Si]1(C)C. The molecular formula is C18H34OSi4. The molecule has 1 unspecified atom stereocenters. The van der Waals surface area contributed by atoms with Crippen molar-refractivity contribution < 1.29 is 4.43 Å². The zero-order valence-electron chi connectivity index (χ0n) is 16.5. The van der Waals surface area contributed by atoms with Gasteiger partial charge in [0.2, 0.25) is 0 Å². The van der Waals surface area contributed by atoms with Crippen molar-refractivity contribution in [1.82, 2.24) is 0 Å². The summed E-state index contributed by atoms with van der Waals surface area (Å²) in [7, 11) is -6.31. The van der Waals surface area contributed by atoms with Crippen molar-refractivity contribution >= 4 is 40.9 Å². The van der Waals surface area contributed by atoms with Gasteiger partial charge in [-0.1, -0.05) is 74.8 Å². The van der Waals surface area contributed by atoms with Gasteiger partial charge >= 0.3 is 0 Å². The molecule has 1 nitrogen and oxygen atoms in total. The van der Waals surface area contributed by atoms with E-state index in [-0.39, 0.29) is 5.22 Å². The molecule has 0 radical (unpaired) electrons. The molecule has 0 N–H and O–H groups in total. The molecule has 0 saturated carbocycles. The average molecular weight is 379 g/mol. The van der Waals surface area contributed by atoms with E-state index in [4.69, 9.17) is 4.43 Å². The topological polar surface area (TPSA) is 9.23 Å². The van der Waals surface area contributed by atoms with Crippen molar-refractivity contribution in [2.75, 3.05) is 0 Å². The molecule has 23 heavy (non-hydrogen) atoms. The van der Waals surface area contributed by atoms with Crippen molar-refractivity contribution in [2.24, 2.45) is 0 Å². The Kier molecular flexibility index (Phi) is 4.48. The van der Waals surface area contributed by atoms with Gasteiger partial charge in [0.1, 0.15) is 7.59 Å². The molecule has 1 atom stereocenters. The molecule has 1 aromatic rings. The Balaban J connectivity index is 2.84. The standard InChI is InChI=1S/C18H34OSi4/c1-11-16-14-12-13-15-17(16)23(10)18(2,3)19-20(4,5)21(6,7)22(23,8)9/h11-15H,1H2,2-10H3. The fourth-order valence-electron chi connectivity index (χ4n) is 4.79. The third kappa shape index (κ3) is 2.31. The predicted molar refractivity (Wildman–Crippen MR) is 115 cm³/mol. The van der Waals surface area contributed by atoms with E-state index < -0.39 is 29.6 Å². The summed E-state index contributed by atoms with van der Waals surface area (Å²) in [5.41, 5.74) is 1.34. The molecular weight excluding hydrogens is 345 g/mol. The first-order chi connectivity index (χ1) is 10.3. The minimum absolute atomic E-state index is 0.0000772. The summed E-state index contributed by atoms with van der Waals surface area (Å²) < 4.78 is 7.04. The second kappa shape index (κ2) is 5.39. The highest BCUT2D eigenvalue weighted by Gasteiger charge is 2.72. The minimum atomic E-state index is -1.82. The van der Waals surface area contributed by atoms with Gasteiger partial charge in [0.25, 0.3) is 0 Å². The molecule has 0 spiro atoms. The van der Waals surface area contributed by atoms with Crippen molar-refractivity contribution in [3.8, 4) is 0 Å². The van der Waals surface area contributed by atoms with Crippen molar-refractivity contribution in [1.29, 1.82) is 0 Å². The van der Waals surface area contributed by atoms with Crippen LogP contribution in [0.1, 0.15) is 19.4 Å². The van der Waals surface area contributed by atoms with E-state index in [1.165, 1.54) is 5.56 Å². The molecule has 0 aliphatic carbocycles. The van der Waals surface area contributed by atoms with Crippen LogP contribution in [0.5, 0.6) is 0 Å². The van der Waals surface area contributed by atoms with Gasteiger partial charge in [-0.2, -0.15) is 0 Å². The summed E-state index contributed by atoms with van der Waals surface area (Å²) in [5.74, 6) is 0. The van der Waals surface area contributed by atoms with Gasteiger partial charge in [0.05, 0.1) is 7.11 Å². The summed E-state index contributed by atoms with van der Waals surface area (Å²) in [6.07, 6.45) is 2.06. The van der Waals surface area contributed by atoms with Crippen LogP contribution in [-0.4, -0.2) is 34.9 Å². The first-order valence-corrected chi connectivity index (χ1v) is 23.1.